The van der Waals surface area contributed by atoms with Gasteiger partial charge in [-0.1, -0.05) is 32.0 Å². The Labute approximate surface area is 146 Å². The molecule has 1 aromatic carbocycles. The first-order valence-electron chi connectivity index (χ1n) is 7.89. The summed E-state index contributed by atoms with van der Waals surface area (Å²) in [4.78, 5) is 25.4. The Hall–Kier alpha value is -2.45. The number of nitrogens with zero attached hydrogens (tertiary/aromatic N) is 1. The smallest absolute Gasteiger partial charge is 0.257 e. The fourth-order valence-corrected chi connectivity index (χ4v) is 3.04. The largest absolute Gasteiger partial charge is 0.306 e. The van der Waals surface area contributed by atoms with E-state index in [9.17, 15) is 18.0 Å². The third-order valence-corrected chi connectivity index (χ3v) is 5.17. The van der Waals surface area contributed by atoms with Gasteiger partial charge in [-0.3, -0.25) is 15.0 Å². The second-order valence-electron chi connectivity index (χ2n) is 5.70. The number of pyridine rings is 1. The highest BCUT2D eigenvalue weighted by atomic mass is 32.2. The van der Waals surface area contributed by atoms with E-state index in [1.54, 1.807) is 24.3 Å². The summed E-state index contributed by atoms with van der Waals surface area (Å²) in [5.41, 5.74) is 2.81. The zero-order chi connectivity index (χ0) is 18.4. The summed E-state index contributed by atoms with van der Waals surface area (Å²) >= 11 is 0. The van der Waals surface area contributed by atoms with Crippen LogP contribution in [0.15, 0.2) is 58.4 Å². The number of aromatic nitrogens is 1. The predicted octanol–water partition coefficient (Wildman–Crippen LogP) is 1.37. The molecule has 0 radical (unpaired) electrons. The van der Waals surface area contributed by atoms with E-state index in [1.165, 1.54) is 29.0 Å². The first-order chi connectivity index (χ1) is 11.8. The standard InChI is InChI=1S/C17H21N3O4S/c1-3-13(2)14-7-9-15(10-8-14)25(23,24)19-18-16(21)12-20-11-5-4-6-17(20)22/h4-11,13,19H,3,12H2,1-2H3,(H,18,21)/t13-/m1/s1. The lowest BCUT2D eigenvalue weighted by atomic mass is 9.99. The van der Waals surface area contributed by atoms with Crippen LogP contribution in [0.25, 0.3) is 0 Å². The van der Waals surface area contributed by atoms with Crippen LogP contribution in [0.1, 0.15) is 31.7 Å². The maximum atomic E-state index is 12.2. The van der Waals surface area contributed by atoms with Gasteiger partial charge >= 0.3 is 0 Å². The molecule has 0 saturated carbocycles. The third-order valence-electron chi connectivity index (χ3n) is 3.91. The Morgan fingerprint density at radius 3 is 2.44 bits per heavy atom. The summed E-state index contributed by atoms with van der Waals surface area (Å²) in [6, 6.07) is 11.0. The lowest BCUT2D eigenvalue weighted by Gasteiger charge is -2.11. The van der Waals surface area contributed by atoms with Crippen molar-refractivity contribution in [2.45, 2.75) is 37.6 Å². The molecule has 0 aliphatic rings. The van der Waals surface area contributed by atoms with Gasteiger partial charge < -0.3 is 4.57 Å². The molecule has 0 aliphatic heterocycles. The number of hydrogen-bond acceptors (Lipinski definition) is 4. The molecule has 2 aromatic rings. The molecular formula is C17H21N3O4S. The quantitative estimate of drug-likeness (QED) is 0.726. The van der Waals surface area contributed by atoms with Crippen LogP contribution in [0.5, 0.6) is 0 Å². The molecule has 2 N–H and O–H groups in total. The Balaban J connectivity index is 2.00. The van der Waals surface area contributed by atoms with Crippen molar-refractivity contribution in [3.05, 3.63) is 64.6 Å². The van der Waals surface area contributed by atoms with E-state index < -0.39 is 15.9 Å². The van der Waals surface area contributed by atoms with Gasteiger partial charge in [0.2, 0.25) is 0 Å². The molecule has 0 fully saturated rings. The second-order valence-corrected chi connectivity index (χ2v) is 7.38. The van der Waals surface area contributed by atoms with Crippen molar-refractivity contribution in [1.29, 1.82) is 0 Å². The van der Waals surface area contributed by atoms with Crippen molar-refractivity contribution < 1.29 is 13.2 Å². The molecular weight excluding hydrogens is 342 g/mol. The van der Waals surface area contributed by atoms with Crippen LogP contribution >= 0.6 is 0 Å². The molecule has 0 spiro atoms. The minimum absolute atomic E-state index is 0.0525. The highest BCUT2D eigenvalue weighted by molar-refractivity contribution is 7.89. The maximum absolute atomic E-state index is 12.2. The van der Waals surface area contributed by atoms with Gasteiger partial charge in [0.15, 0.2) is 0 Å². The molecule has 0 aliphatic carbocycles. The van der Waals surface area contributed by atoms with Crippen molar-refractivity contribution in [1.82, 2.24) is 14.8 Å². The molecule has 0 bridgehead atoms. The fourth-order valence-electron chi connectivity index (χ4n) is 2.18. The molecule has 0 unspecified atom stereocenters. The highest BCUT2D eigenvalue weighted by Crippen LogP contribution is 2.20. The zero-order valence-electron chi connectivity index (χ0n) is 14.1. The molecule has 0 saturated heterocycles. The van der Waals surface area contributed by atoms with E-state index in [-0.39, 0.29) is 17.0 Å². The highest BCUT2D eigenvalue weighted by Gasteiger charge is 2.16. The lowest BCUT2D eigenvalue weighted by Crippen LogP contribution is -2.44. The van der Waals surface area contributed by atoms with Crippen molar-refractivity contribution in [2.24, 2.45) is 0 Å². The van der Waals surface area contributed by atoms with Gasteiger partial charge in [-0.15, -0.1) is 4.83 Å². The van der Waals surface area contributed by atoms with Crippen LogP contribution in [-0.2, 0) is 21.4 Å². The summed E-state index contributed by atoms with van der Waals surface area (Å²) in [5, 5.41) is 0. The van der Waals surface area contributed by atoms with E-state index >= 15 is 0 Å². The number of hydrazine groups is 1. The van der Waals surface area contributed by atoms with E-state index in [4.69, 9.17) is 0 Å². The van der Waals surface area contributed by atoms with Crippen LogP contribution in [0.2, 0.25) is 0 Å². The molecule has 1 atom stereocenters. The third kappa shape index (κ3) is 5.01. The van der Waals surface area contributed by atoms with Gasteiger partial charge in [0.25, 0.3) is 21.5 Å². The van der Waals surface area contributed by atoms with Gasteiger partial charge in [-0.25, -0.2) is 8.42 Å². The Morgan fingerprint density at radius 1 is 1.16 bits per heavy atom. The molecule has 1 amide bonds. The SMILES string of the molecule is CC[C@@H](C)c1ccc(S(=O)(=O)NNC(=O)Cn2ccccc2=O)cc1. The second kappa shape index (κ2) is 8.09. The number of amides is 1. The van der Waals surface area contributed by atoms with Crippen LogP contribution in [0.4, 0.5) is 0 Å². The molecule has 1 aromatic heterocycles. The van der Waals surface area contributed by atoms with Crippen molar-refractivity contribution in [3.63, 3.8) is 0 Å². The summed E-state index contributed by atoms with van der Waals surface area (Å²) < 4.78 is 25.6. The number of benzene rings is 1. The maximum Gasteiger partial charge on any atom is 0.257 e. The van der Waals surface area contributed by atoms with E-state index in [0.717, 1.165) is 12.0 Å². The predicted molar refractivity (Wildman–Crippen MR) is 94.3 cm³/mol. The van der Waals surface area contributed by atoms with Gasteiger partial charge in [-0.2, -0.15) is 0 Å². The summed E-state index contributed by atoms with van der Waals surface area (Å²) in [7, 11) is -3.88. The number of carbonyl (C=O) groups is 1. The topological polar surface area (TPSA) is 97.3 Å². The van der Waals surface area contributed by atoms with Gasteiger partial charge in [0, 0.05) is 12.3 Å². The Bertz CT molecular complexity index is 889. The van der Waals surface area contributed by atoms with E-state index in [1.807, 2.05) is 4.83 Å². The van der Waals surface area contributed by atoms with Crippen LogP contribution in [0.3, 0.4) is 0 Å². The minimum atomic E-state index is -3.88. The van der Waals surface area contributed by atoms with E-state index in [2.05, 4.69) is 19.3 Å². The monoisotopic (exact) mass is 363 g/mol. The average molecular weight is 363 g/mol. The normalized spacial score (nSPS) is 12.6. The molecule has 2 rings (SSSR count). The molecule has 134 valence electrons. The van der Waals surface area contributed by atoms with Crippen LogP contribution in [-0.4, -0.2) is 18.9 Å². The molecule has 8 heteroatoms. The van der Waals surface area contributed by atoms with Crippen molar-refractivity contribution in [3.8, 4) is 0 Å². The molecule has 1 heterocycles. The number of rotatable bonds is 7. The number of sulfonamides is 1. The van der Waals surface area contributed by atoms with Crippen molar-refractivity contribution >= 4 is 15.9 Å². The summed E-state index contributed by atoms with van der Waals surface area (Å²) in [6.45, 7) is 3.84. The van der Waals surface area contributed by atoms with Gasteiger partial charge in [0.1, 0.15) is 6.54 Å². The van der Waals surface area contributed by atoms with Gasteiger partial charge in [0.05, 0.1) is 4.90 Å². The number of hydrogen-bond donors (Lipinski definition) is 2. The molecule has 7 nitrogen and oxygen atoms in total. The van der Waals surface area contributed by atoms with E-state index in [0.29, 0.717) is 5.92 Å². The summed E-state index contributed by atoms with van der Waals surface area (Å²) in [5.74, 6) is -0.304. The minimum Gasteiger partial charge on any atom is -0.306 e. The van der Waals surface area contributed by atoms with Gasteiger partial charge in [-0.05, 0) is 36.1 Å². The first kappa shape index (κ1) is 18.9. The fraction of sp³-hybridized carbons (Fsp3) is 0.294. The number of carbonyl (C=O) groups excluding carboxylic acids is 1. The van der Waals surface area contributed by atoms with Crippen molar-refractivity contribution in [2.75, 3.05) is 0 Å². The summed E-state index contributed by atoms with van der Waals surface area (Å²) in [6.07, 6.45) is 2.41. The van der Waals surface area contributed by atoms with Crippen LogP contribution < -0.4 is 15.8 Å². The number of nitrogens with one attached hydrogen (secondary N) is 2. The average Bonchev–Trinajstić information content (AvgIpc) is 2.61. The Kier molecular flexibility index (Phi) is 6.11. The lowest BCUT2D eigenvalue weighted by molar-refractivity contribution is -0.122. The Morgan fingerprint density at radius 2 is 1.84 bits per heavy atom. The zero-order valence-corrected chi connectivity index (χ0v) is 14.9. The first-order valence-corrected chi connectivity index (χ1v) is 9.38. The molecule has 25 heavy (non-hydrogen) atoms. The van der Waals surface area contributed by atoms with Crippen LogP contribution in [0, 0.1) is 0 Å².